The third-order valence-electron chi connectivity index (χ3n) is 7.25. The summed E-state index contributed by atoms with van der Waals surface area (Å²) in [6, 6.07) is 23.6. The van der Waals surface area contributed by atoms with E-state index < -0.39 is 0 Å². The minimum atomic E-state index is -0.388. The van der Waals surface area contributed by atoms with Crippen LogP contribution < -0.4 is 10.1 Å². The van der Waals surface area contributed by atoms with Crippen molar-refractivity contribution < 1.29 is 23.1 Å². The second-order valence-electron chi connectivity index (χ2n) is 11.0. The molecule has 1 aliphatic heterocycles. The van der Waals surface area contributed by atoms with Crippen molar-refractivity contribution in [1.82, 2.24) is 10.2 Å². The highest BCUT2D eigenvalue weighted by Crippen LogP contribution is 2.38. The lowest BCUT2D eigenvalue weighted by Crippen LogP contribution is -2.41. The van der Waals surface area contributed by atoms with E-state index in [9.17, 15) is 14.0 Å². The molecule has 212 valence electrons. The molecule has 2 heterocycles. The van der Waals surface area contributed by atoms with Gasteiger partial charge in [-0.05, 0) is 77.9 Å². The Morgan fingerprint density at radius 2 is 1.85 bits per heavy atom. The van der Waals surface area contributed by atoms with E-state index in [1.807, 2.05) is 17.0 Å². The summed E-state index contributed by atoms with van der Waals surface area (Å²) in [5, 5.41) is 2.74. The van der Waals surface area contributed by atoms with Gasteiger partial charge in [-0.1, -0.05) is 61.9 Å². The molecule has 0 saturated heterocycles. The van der Waals surface area contributed by atoms with E-state index in [0.29, 0.717) is 30.0 Å². The fourth-order valence-corrected chi connectivity index (χ4v) is 5.17. The maximum atomic E-state index is 13.4. The molecule has 1 N–H and O–H groups in total. The van der Waals surface area contributed by atoms with Crippen molar-refractivity contribution in [2.75, 3.05) is 6.54 Å². The number of carbonyl (C=O) groups excluding carboxylic acids is 2. The Hall–Kier alpha value is -4.39. The second kappa shape index (κ2) is 12.4. The van der Waals surface area contributed by atoms with E-state index in [1.54, 1.807) is 24.3 Å². The third-order valence-corrected chi connectivity index (χ3v) is 7.25. The van der Waals surface area contributed by atoms with E-state index in [4.69, 9.17) is 9.15 Å². The number of amides is 2. The minimum absolute atomic E-state index is 0.140. The largest absolute Gasteiger partial charge is 0.486 e. The summed E-state index contributed by atoms with van der Waals surface area (Å²) in [7, 11) is 0. The zero-order valence-corrected chi connectivity index (χ0v) is 23.7. The molecule has 1 aromatic heterocycles. The van der Waals surface area contributed by atoms with Crippen molar-refractivity contribution >= 4 is 11.8 Å². The molecule has 1 aliphatic rings. The van der Waals surface area contributed by atoms with Crippen molar-refractivity contribution in [3.05, 3.63) is 124 Å². The quantitative estimate of drug-likeness (QED) is 0.248. The number of rotatable bonds is 9. The fraction of sp³-hybridized carbons (Fsp3) is 0.294. The fourth-order valence-electron chi connectivity index (χ4n) is 5.17. The summed E-state index contributed by atoms with van der Waals surface area (Å²) >= 11 is 0. The zero-order valence-electron chi connectivity index (χ0n) is 23.7. The molecular formula is C34H35FN2O4. The molecule has 4 aromatic rings. The van der Waals surface area contributed by atoms with Crippen LogP contribution in [-0.4, -0.2) is 23.3 Å². The van der Waals surface area contributed by atoms with Gasteiger partial charge in [0, 0.05) is 19.5 Å². The maximum Gasteiger partial charge on any atom is 0.287 e. The molecule has 7 heteroatoms. The predicted molar refractivity (Wildman–Crippen MR) is 155 cm³/mol. The standard InChI is InChI=1S/C34H35FN2O4/c1-22(2)17-32(38)37-16-15-25-11-12-28(19-30(25)33(37)26-9-7-23(3)8-10-26)40-21-29-13-14-31(41-29)34(39)36-20-24-5-4-6-27(35)18-24/h4-14,18-19,22,33H,15-17,20-21H2,1-3H3,(H,36,39)/t33-/m1/s1. The maximum absolute atomic E-state index is 13.4. The van der Waals surface area contributed by atoms with E-state index in [0.717, 1.165) is 17.5 Å². The van der Waals surface area contributed by atoms with Crippen molar-refractivity contribution in [2.45, 2.75) is 52.8 Å². The molecule has 6 nitrogen and oxygen atoms in total. The zero-order chi connectivity index (χ0) is 28.9. The molecule has 0 bridgehead atoms. The van der Waals surface area contributed by atoms with Gasteiger partial charge in [0.15, 0.2) is 5.76 Å². The van der Waals surface area contributed by atoms with Crippen LogP contribution >= 0.6 is 0 Å². The lowest BCUT2D eigenvalue weighted by molar-refractivity contribution is -0.134. The average Bonchev–Trinajstić information content (AvgIpc) is 3.43. The third kappa shape index (κ3) is 6.85. The molecule has 5 rings (SSSR count). The lowest BCUT2D eigenvalue weighted by atomic mass is 9.87. The van der Waals surface area contributed by atoms with Gasteiger partial charge in [0.25, 0.3) is 5.91 Å². The van der Waals surface area contributed by atoms with Crippen LogP contribution in [0.1, 0.15) is 70.4 Å². The number of benzene rings is 3. The van der Waals surface area contributed by atoms with E-state index >= 15 is 0 Å². The highest BCUT2D eigenvalue weighted by atomic mass is 19.1. The highest BCUT2D eigenvalue weighted by Gasteiger charge is 2.32. The molecule has 0 fully saturated rings. The van der Waals surface area contributed by atoms with Crippen molar-refractivity contribution in [2.24, 2.45) is 5.92 Å². The van der Waals surface area contributed by atoms with Crippen LogP contribution in [0, 0.1) is 18.7 Å². The van der Waals surface area contributed by atoms with Gasteiger partial charge >= 0.3 is 0 Å². The molecule has 2 amide bonds. The smallest absolute Gasteiger partial charge is 0.287 e. The van der Waals surface area contributed by atoms with Crippen molar-refractivity contribution in [1.29, 1.82) is 0 Å². The van der Waals surface area contributed by atoms with E-state index in [-0.39, 0.29) is 48.5 Å². The topological polar surface area (TPSA) is 71.8 Å². The summed E-state index contributed by atoms with van der Waals surface area (Å²) in [4.78, 5) is 27.8. The van der Waals surface area contributed by atoms with E-state index in [1.165, 1.54) is 23.3 Å². The highest BCUT2D eigenvalue weighted by molar-refractivity contribution is 5.91. The molecular weight excluding hydrogens is 519 g/mol. The number of nitrogens with zero attached hydrogens (tertiary/aromatic N) is 1. The number of nitrogens with one attached hydrogen (secondary N) is 1. The Balaban J connectivity index is 1.30. The molecule has 0 saturated carbocycles. The van der Waals surface area contributed by atoms with Crippen molar-refractivity contribution in [3.63, 3.8) is 0 Å². The first-order chi connectivity index (χ1) is 19.8. The molecule has 3 aromatic carbocycles. The predicted octanol–water partition coefficient (Wildman–Crippen LogP) is 6.76. The van der Waals surface area contributed by atoms with Crippen molar-refractivity contribution in [3.8, 4) is 5.75 Å². The Morgan fingerprint density at radius 3 is 2.61 bits per heavy atom. The van der Waals surface area contributed by atoms with Gasteiger partial charge < -0.3 is 19.4 Å². The summed E-state index contributed by atoms with van der Waals surface area (Å²) in [5.74, 6) is 1.01. The van der Waals surface area contributed by atoms with Gasteiger partial charge in [0.2, 0.25) is 5.91 Å². The number of halogens is 1. The number of hydrogen-bond acceptors (Lipinski definition) is 4. The van der Waals surface area contributed by atoms with Gasteiger partial charge in [-0.15, -0.1) is 0 Å². The number of hydrogen-bond donors (Lipinski definition) is 1. The van der Waals surface area contributed by atoms with Crippen LogP contribution in [-0.2, 0) is 24.4 Å². The number of aryl methyl sites for hydroxylation is 1. The molecule has 1 atom stereocenters. The number of ether oxygens (including phenoxy) is 1. The van der Waals surface area contributed by atoms with Gasteiger partial charge in [-0.3, -0.25) is 9.59 Å². The van der Waals surface area contributed by atoms with Crippen LogP contribution in [0.3, 0.4) is 0 Å². The first-order valence-electron chi connectivity index (χ1n) is 14.0. The average molecular weight is 555 g/mol. The molecule has 41 heavy (non-hydrogen) atoms. The first-order valence-corrected chi connectivity index (χ1v) is 14.0. The summed E-state index contributed by atoms with van der Waals surface area (Å²) in [6.07, 6.45) is 1.29. The summed E-state index contributed by atoms with van der Waals surface area (Å²) < 4.78 is 25.2. The van der Waals surface area contributed by atoms with Crippen LogP contribution in [0.4, 0.5) is 4.39 Å². The van der Waals surface area contributed by atoms with Gasteiger partial charge in [0.05, 0.1) is 6.04 Å². The van der Waals surface area contributed by atoms with Gasteiger partial charge in [-0.2, -0.15) is 0 Å². The Bertz CT molecular complexity index is 1530. The number of fused-ring (bicyclic) bond motifs is 1. The SMILES string of the molecule is Cc1ccc([C@@H]2c3cc(OCc4ccc(C(=O)NCc5cccc(F)c5)o4)ccc3CCN2C(=O)CC(C)C)cc1. The van der Waals surface area contributed by atoms with Crippen LogP contribution in [0.5, 0.6) is 5.75 Å². The number of carbonyl (C=O) groups is 2. The Morgan fingerprint density at radius 1 is 1.05 bits per heavy atom. The summed E-state index contributed by atoms with van der Waals surface area (Å²) in [5.41, 5.74) is 5.17. The molecule has 0 aliphatic carbocycles. The Kier molecular flexibility index (Phi) is 8.53. The molecule has 0 radical (unpaired) electrons. The Labute approximate surface area is 240 Å². The molecule has 0 unspecified atom stereocenters. The van der Waals surface area contributed by atoms with E-state index in [2.05, 4.69) is 56.4 Å². The minimum Gasteiger partial charge on any atom is -0.486 e. The number of furan rings is 1. The van der Waals surface area contributed by atoms with Gasteiger partial charge in [0.1, 0.15) is 23.9 Å². The monoisotopic (exact) mass is 554 g/mol. The van der Waals surface area contributed by atoms with Crippen LogP contribution in [0.2, 0.25) is 0 Å². The van der Waals surface area contributed by atoms with Crippen LogP contribution in [0.15, 0.2) is 83.3 Å². The summed E-state index contributed by atoms with van der Waals surface area (Å²) in [6.45, 7) is 7.19. The molecule has 0 spiro atoms. The van der Waals surface area contributed by atoms with Gasteiger partial charge in [-0.25, -0.2) is 4.39 Å². The first kappa shape index (κ1) is 28.1. The van der Waals surface area contributed by atoms with Crippen LogP contribution in [0.25, 0.3) is 0 Å². The lowest BCUT2D eigenvalue weighted by Gasteiger charge is -2.38. The normalized spacial score (nSPS) is 14.6. The second-order valence-corrected chi connectivity index (χ2v) is 11.0.